The number of nitrogens with two attached hydrogens (primary N) is 1. The van der Waals surface area contributed by atoms with Crippen LogP contribution in [0.1, 0.15) is 35.2 Å². The standard InChI is InChI=1S/C14H16N2OS2/c1-9(2)10-5-3-4-6-11(10)17-8-13-16-7-12(19-13)14(15)18/h3-7,9H,8H2,1-2H3,(H2,15,18). The zero-order valence-corrected chi connectivity index (χ0v) is 12.6. The Morgan fingerprint density at radius 3 is 2.79 bits per heavy atom. The van der Waals surface area contributed by atoms with Crippen molar-refractivity contribution in [1.29, 1.82) is 0 Å². The molecule has 0 radical (unpaired) electrons. The van der Waals surface area contributed by atoms with Gasteiger partial charge in [0.05, 0.1) is 4.88 Å². The lowest BCUT2D eigenvalue weighted by atomic mass is 10.0. The summed E-state index contributed by atoms with van der Waals surface area (Å²) >= 11 is 6.39. The van der Waals surface area contributed by atoms with E-state index >= 15 is 0 Å². The molecule has 1 aromatic heterocycles. The van der Waals surface area contributed by atoms with Gasteiger partial charge in [-0.25, -0.2) is 4.98 Å². The van der Waals surface area contributed by atoms with E-state index in [1.807, 2.05) is 18.2 Å². The lowest BCUT2D eigenvalue weighted by molar-refractivity contribution is 0.301. The summed E-state index contributed by atoms with van der Waals surface area (Å²) in [5.74, 6) is 1.34. The summed E-state index contributed by atoms with van der Waals surface area (Å²) in [4.78, 5) is 5.46. The summed E-state index contributed by atoms with van der Waals surface area (Å²) in [6.45, 7) is 4.74. The summed E-state index contributed by atoms with van der Waals surface area (Å²) in [5, 5.41) is 0.876. The van der Waals surface area contributed by atoms with Crippen LogP contribution in [0, 0.1) is 0 Å². The highest BCUT2D eigenvalue weighted by atomic mass is 32.1. The third-order valence-corrected chi connectivity index (χ3v) is 4.04. The monoisotopic (exact) mass is 292 g/mol. The number of benzene rings is 1. The number of aromatic nitrogens is 1. The number of rotatable bonds is 5. The van der Waals surface area contributed by atoms with E-state index in [1.165, 1.54) is 16.9 Å². The molecule has 0 fully saturated rings. The maximum absolute atomic E-state index is 5.84. The molecule has 0 aliphatic carbocycles. The number of hydrogen-bond acceptors (Lipinski definition) is 4. The largest absolute Gasteiger partial charge is 0.486 e. The Labute approximate surface area is 122 Å². The van der Waals surface area contributed by atoms with Gasteiger partial charge in [-0.1, -0.05) is 44.3 Å². The molecular weight excluding hydrogens is 276 g/mol. The van der Waals surface area contributed by atoms with Crippen molar-refractivity contribution in [1.82, 2.24) is 4.98 Å². The molecule has 2 rings (SSSR count). The minimum atomic E-state index is 0.381. The van der Waals surface area contributed by atoms with E-state index in [2.05, 4.69) is 24.9 Å². The first kappa shape index (κ1) is 14.0. The maximum atomic E-state index is 5.84. The molecule has 1 aromatic carbocycles. The van der Waals surface area contributed by atoms with Gasteiger partial charge in [-0.3, -0.25) is 0 Å². The van der Waals surface area contributed by atoms with Gasteiger partial charge in [0.1, 0.15) is 22.4 Å². The fourth-order valence-corrected chi connectivity index (χ4v) is 2.58. The number of nitrogens with zero attached hydrogens (tertiary/aromatic N) is 1. The third-order valence-electron chi connectivity index (χ3n) is 2.69. The highest BCUT2D eigenvalue weighted by molar-refractivity contribution is 7.81. The van der Waals surface area contributed by atoms with Crippen molar-refractivity contribution in [2.24, 2.45) is 5.73 Å². The van der Waals surface area contributed by atoms with Gasteiger partial charge in [0, 0.05) is 6.20 Å². The first-order chi connectivity index (χ1) is 9.08. The van der Waals surface area contributed by atoms with Crippen molar-refractivity contribution in [2.45, 2.75) is 26.4 Å². The summed E-state index contributed by atoms with van der Waals surface area (Å²) < 4.78 is 5.84. The fourth-order valence-electron chi connectivity index (χ4n) is 1.72. The lowest BCUT2D eigenvalue weighted by Crippen LogP contribution is -2.06. The zero-order chi connectivity index (χ0) is 13.8. The molecule has 0 aliphatic rings. The van der Waals surface area contributed by atoms with E-state index < -0.39 is 0 Å². The van der Waals surface area contributed by atoms with Crippen LogP contribution < -0.4 is 10.5 Å². The number of para-hydroxylation sites is 1. The van der Waals surface area contributed by atoms with Crippen LogP contribution in [-0.4, -0.2) is 9.97 Å². The van der Waals surface area contributed by atoms with Crippen LogP contribution in [0.25, 0.3) is 0 Å². The minimum absolute atomic E-state index is 0.381. The summed E-state index contributed by atoms with van der Waals surface area (Å²) in [5.41, 5.74) is 6.76. The molecule has 0 unspecified atom stereocenters. The Kier molecular flexibility index (Phi) is 4.50. The second-order valence-corrected chi connectivity index (χ2v) is 6.02. The molecule has 2 N–H and O–H groups in total. The van der Waals surface area contributed by atoms with Crippen molar-refractivity contribution < 1.29 is 4.74 Å². The highest BCUT2D eigenvalue weighted by Crippen LogP contribution is 2.27. The Bertz CT molecular complexity index is 578. The number of hydrogen-bond donors (Lipinski definition) is 1. The molecular formula is C14H16N2OS2. The molecule has 100 valence electrons. The predicted molar refractivity (Wildman–Crippen MR) is 82.9 cm³/mol. The molecule has 0 saturated heterocycles. The van der Waals surface area contributed by atoms with E-state index in [4.69, 9.17) is 22.7 Å². The summed E-state index contributed by atoms with van der Waals surface area (Å²) in [7, 11) is 0. The van der Waals surface area contributed by atoms with Gasteiger partial charge >= 0.3 is 0 Å². The lowest BCUT2D eigenvalue weighted by Gasteiger charge is -2.12. The zero-order valence-electron chi connectivity index (χ0n) is 10.9. The third kappa shape index (κ3) is 3.52. The Morgan fingerprint density at radius 1 is 1.42 bits per heavy atom. The van der Waals surface area contributed by atoms with Gasteiger partial charge in [0.25, 0.3) is 0 Å². The topological polar surface area (TPSA) is 48.1 Å². The average Bonchev–Trinajstić information content (AvgIpc) is 2.85. The first-order valence-electron chi connectivity index (χ1n) is 6.04. The molecule has 2 aromatic rings. The van der Waals surface area contributed by atoms with Crippen LogP contribution in [0.3, 0.4) is 0 Å². The van der Waals surface area contributed by atoms with E-state index in [1.54, 1.807) is 6.20 Å². The van der Waals surface area contributed by atoms with Crippen LogP contribution in [0.5, 0.6) is 5.75 Å². The molecule has 0 spiro atoms. The van der Waals surface area contributed by atoms with Crippen molar-refractivity contribution >= 4 is 28.5 Å². The van der Waals surface area contributed by atoms with Crippen LogP contribution in [-0.2, 0) is 6.61 Å². The van der Waals surface area contributed by atoms with Gasteiger partial charge in [-0.05, 0) is 17.5 Å². The molecule has 0 bridgehead atoms. The minimum Gasteiger partial charge on any atom is -0.486 e. The number of thiocarbonyl (C=S) groups is 1. The van der Waals surface area contributed by atoms with E-state index in [9.17, 15) is 0 Å². The second kappa shape index (κ2) is 6.12. The van der Waals surface area contributed by atoms with Gasteiger partial charge in [0.15, 0.2) is 0 Å². The molecule has 0 amide bonds. The quantitative estimate of drug-likeness (QED) is 0.857. The highest BCUT2D eigenvalue weighted by Gasteiger charge is 2.09. The van der Waals surface area contributed by atoms with Crippen molar-refractivity contribution in [3.05, 3.63) is 45.9 Å². The Morgan fingerprint density at radius 2 is 2.16 bits per heavy atom. The van der Waals surface area contributed by atoms with Gasteiger partial charge < -0.3 is 10.5 Å². The normalized spacial score (nSPS) is 10.7. The smallest absolute Gasteiger partial charge is 0.140 e. The molecule has 19 heavy (non-hydrogen) atoms. The van der Waals surface area contributed by atoms with Crippen molar-refractivity contribution in [3.8, 4) is 5.75 Å². The predicted octanol–water partition coefficient (Wildman–Crippen LogP) is 3.48. The number of thiazole rings is 1. The first-order valence-corrected chi connectivity index (χ1v) is 7.26. The van der Waals surface area contributed by atoms with E-state index in [0.29, 0.717) is 17.5 Å². The van der Waals surface area contributed by atoms with Gasteiger partial charge in [0.2, 0.25) is 0 Å². The number of ether oxygens (including phenoxy) is 1. The summed E-state index contributed by atoms with van der Waals surface area (Å²) in [6, 6.07) is 8.07. The summed E-state index contributed by atoms with van der Waals surface area (Å²) in [6.07, 6.45) is 1.69. The average molecular weight is 292 g/mol. The van der Waals surface area contributed by atoms with Gasteiger partial charge in [-0.2, -0.15) is 0 Å². The molecule has 0 aliphatic heterocycles. The molecule has 5 heteroatoms. The maximum Gasteiger partial charge on any atom is 0.140 e. The Hall–Kier alpha value is -1.46. The Balaban J connectivity index is 2.08. The van der Waals surface area contributed by atoms with Gasteiger partial charge in [-0.15, -0.1) is 11.3 Å². The van der Waals surface area contributed by atoms with Crippen LogP contribution in [0.2, 0.25) is 0 Å². The second-order valence-electron chi connectivity index (χ2n) is 4.46. The van der Waals surface area contributed by atoms with Crippen LogP contribution in [0.15, 0.2) is 30.5 Å². The van der Waals surface area contributed by atoms with Crippen LogP contribution in [0.4, 0.5) is 0 Å². The van der Waals surface area contributed by atoms with Crippen molar-refractivity contribution in [3.63, 3.8) is 0 Å². The molecule has 0 saturated carbocycles. The molecule has 3 nitrogen and oxygen atoms in total. The van der Waals surface area contributed by atoms with Crippen LogP contribution >= 0.6 is 23.6 Å². The molecule has 0 atom stereocenters. The van der Waals surface area contributed by atoms with Crippen molar-refractivity contribution in [2.75, 3.05) is 0 Å². The van der Waals surface area contributed by atoms with E-state index in [0.717, 1.165) is 15.6 Å². The SMILES string of the molecule is CC(C)c1ccccc1OCc1ncc(C(N)=S)s1. The molecule has 1 heterocycles. The van der Waals surface area contributed by atoms with E-state index in [-0.39, 0.29) is 0 Å². The fraction of sp³-hybridized carbons (Fsp3) is 0.286.